The average molecular weight is 301 g/mol. The topological polar surface area (TPSA) is 32.3 Å². The van der Waals surface area contributed by atoms with Crippen molar-refractivity contribution in [2.24, 2.45) is 0 Å². The minimum absolute atomic E-state index is 0.174. The maximum Gasteiger partial charge on any atom is 0.239 e. The summed E-state index contributed by atoms with van der Waals surface area (Å²) in [4.78, 5) is 14.0. The number of nitrogens with one attached hydrogen (secondary N) is 1. The van der Waals surface area contributed by atoms with Crippen LogP contribution in [0.25, 0.3) is 0 Å². The van der Waals surface area contributed by atoms with Crippen LogP contribution in [0.1, 0.15) is 25.3 Å². The van der Waals surface area contributed by atoms with Crippen LogP contribution in [0, 0.1) is 0 Å². The van der Waals surface area contributed by atoms with Crippen molar-refractivity contribution in [1.82, 2.24) is 10.2 Å². The monoisotopic (exact) mass is 300 g/mol. The molecule has 1 aliphatic rings. The van der Waals surface area contributed by atoms with Crippen LogP contribution in [-0.2, 0) is 11.3 Å². The average Bonchev–Trinajstić information content (AvgIpc) is 2.93. The van der Waals surface area contributed by atoms with Gasteiger partial charge in [-0.1, -0.05) is 29.3 Å². The minimum Gasteiger partial charge on any atom is -0.341 e. The van der Waals surface area contributed by atoms with Crippen LogP contribution in [-0.4, -0.2) is 29.9 Å². The van der Waals surface area contributed by atoms with Crippen molar-refractivity contribution in [1.29, 1.82) is 0 Å². The Morgan fingerprint density at radius 1 is 1.32 bits per heavy atom. The number of likely N-dealkylation sites (tertiary alicyclic amines) is 1. The molecule has 104 valence electrons. The number of nitrogens with zero attached hydrogens (tertiary/aromatic N) is 1. The third-order valence-corrected chi connectivity index (χ3v) is 4.12. The number of carbonyl (C=O) groups is 1. The van der Waals surface area contributed by atoms with Crippen molar-refractivity contribution in [3.05, 3.63) is 33.8 Å². The lowest BCUT2D eigenvalue weighted by molar-refractivity contribution is -0.131. The predicted octanol–water partition coefficient (Wildman–Crippen LogP) is 3.09. The Bertz CT molecular complexity index is 459. The molecule has 2 rings (SSSR count). The molecular formula is C14H18Cl2N2O. The maximum atomic E-state index is 12.1. The second-order valence-corrected chi connectivity index (χ2v) is 5.70. The zero-order valence-corrected chi connectivity index (χ0v) is 12.5. The van der Waals surface area contributed by atoms with E-state index in [-0.39, 0.29) is 11.9 Å². The van der Waals surface area contributed by atoms with Crippen molar-refractivity contribution < 1.29 is 4.79 Å². The first-order valence-corrected chi connectivity index (χ1v) is 7.29. The quantitative estimate of drug-likeness (QED) is 0.927. The van der Waals surface area contributed by atoms with E-state index in [1.54, 1.807) is 6.07 Å². The summed E-state index contributed by atoms with van der Waals surface area (Å²) < 4.78 is 0. The van der Waals surface area contributed by atoms with E-state index in [9.17, 15) is 4.79 Å². The van der Waals surface area contributed by atoms with Gasteiger partial charge in [-0.2, -0.15) is 0 Å². The van der Waals surface area contributed by atoms with Gasteiger partial charge in [-0.15, -0.1) is 0 Å². The second kappa shape index (κ2) is 6.60. The molecule has 5 heteroatoms. The number of halogens is 2. The predicted molar refractivity (Wildman–Crippen MR) is 78.6 cm³/mol. The van der Waals surface area contributed by atoms with E-state index in [1.165, 1.54) is 0 Å². The highest BCUT2D eigenvalue weighted by Gasteiger charge is 2.22. The molecule has 0 saturated carbocycles. The van der Waals surface area contributed by atoms with E-state index in [4.69, 9.17) is 23.2 Å². The van der Waals surface area contributed by atoms with E-state index in [0.717, 1.165) is 31.5 Å². The number of carbonyl (C=O) groups excluding carboxylic acids is 1. The molecule has 0 radical (unpaired) electrons. The molecule has 1 unspecified atom stereocenters. The van der Waals surface area contributed by atoms with Gasteiger partial charge < -0.3 is 10.2 Å². The Labute approximate surface area is 123 Å². The Morgan fingerprint density at radius 2 is 2.00 bits per heavy atom. The van der Waals surface area contributed by atoms with Gasteiger partial charge in [0.15, 0.2) is 0 Å². The second-order valence-electron chi connectivity index (χ2n) is 4.88. The van der Waals surface area contributed by atoms with E-state index in [1.807, 2.05) is 24.0 Å². The molecule has 0 bridgehead atoms. The number of hydrogen-bond acceptors (Lipinski definition) is 2. The Kier molecular flexibility index (Phi) is 5.08. The van der Waals surface area contributed by atoms with Crippen LogP contribution in [0.5, 0.6) is 0 Å². The zero-order chi connectivity index (χ0) is 13.8. The van der Waals surface area contributed by atoms with Gasteiger partial charge in [0, 0.05) is 19.6 Å². The smallest absolute Gasteiger partial charge is 0.239 e. The molecule has 1 heterocycles. The first-order valence-electron chi connectivity index (χ1n) is 6.54. The highest BCUT2D eigenvalue weighted by Crippen LogP contribution is 2.22. The van der Waals surface area contributed by atoms with Crippen molar-refractivity contribution in [3.8, 4) is 0 Å². The molecular weight excluding hydrogens is 283 g/mol. The summed E-state index contributed by atoms with van der Waals surface area (Å²) in [6, 6.07) is 5.33. The Morgan fingerprint density at radius 3 is 2.63 bits per heavy atom. The van der Waals surface area contributed by atoms with Gasteiger partial charge in [0.05, 0.1) is 16.1 Å². The Balaban J connectivity index is 1.87. The van der Waals surface area contributed by atoms with Crippen LogP contribution in [0.15, 0.2) is 18.2 Å². The van der Waals surface area contributed by atoms with E-state index in [0.29, 0.717) is 16.6 Å². The normalized spacial score (nSPS) is 16.7. The molecule has 1 fully saturated rings. The van der Waals surface area contributed by atoms with Gasteiger partial charge in [-0.05, 0) is 37.5 Å². The minimum atomic E-state index is -0.174. The molecule has 0 aromatic heterocycles. The summed E-state index contributed by atoms with van der Waals surface area (Å²) in [6.07, 6.45) is 2.23. The standard InChI is InChI=1S/C14H18Cl2N2O/c1-10(14(19)18-6-2-3-7-18)17-9-11-4-5-12(15)13(16)8-11/h4-5,8,10,17H,2-3,6-7,9H2,1H3. The fourth-order valence-electron chi connectivity index (χ4n) is 2.22. The van der Waals surface area contributed by atoms with Crippen molar-refractivity contribution in [2.75, 3.05) is 13.1 Å². The molecule has 1 saturated heterocycles. The highest BCUT2D eigenvalue weighted by atomic mass is 35.5. The van der Waals surface area contributed by atoms with Crippen LogP contribution >= 0.6 is 23.2 Å². The van der Waals surface area contributed by atoms with Crippen LogP contribution in [0.3, 0.4) is 0 Å². The molecule has 0 aliphatic carbocycles. The molecule has 1 atom stereocenters. The van der Waals surface area contributed by atoms with Gasteiger partial charge >= 0.3 is 0 Å². The van der Waals surface area contributed by atoms with Crippen molar-refractivity contribution in [2.45, 2.75) is 32.4 Å². The SMILES string of the molecule is CC(NCc1ccc(Cl)c(Cl)c1)C(=O)N1CCCC1. The molecule has 1 aromatic carbocycles. The van der Waals surface area contributed by atoms with Gasteiger partial charge in [0.25, 0.3) is 0 Å². The third kappa shape index (κ3) is 3.85. The summed E-state index contributed by atoms with van der Waals surface area (Å²) in [5, 5.41) is 4.32. The number of rotatable bonds is 4. The molecule has 3 nitrogen and oxygen atoms in total. The van der Waals surface area contributed by atoms with Crippen molar-refractivity contribution >= 4 is 29.1 Å². The lowest BCUT2D eigenvalue weighted by Crippen LogP contribution is -2.43. The number of benzene rings is 1. The third-order valence-electron chi connectivity index (χ3n) is 3.38. The van der Waals surface area contributed by atoms with E-state index in [2.05, 4.69) is 5.32 Å². The lowest BCUT2D eigenvalue weighted by Gasteiger charge is -2.21. The molecule has 1 aliphatic heterocycles. The largest absolute Gasteiger partial charge is 0.341 e. The van der Waals surface area contributed by atoms with Gasteiger partial charge in [-0.25, -0.2) is 0 Å². The number of amides is 1. The summed E-state index contributed by atoms with van der Waals surface area (Å²) in [7, 11) is 0. The van der Waals surface area contributed by atoms with E-state index < -0.39 is 0 Å². The molecule has 1 amide bonds. The highest BCUT2D eigenvalue weighted by molar-refractivity contribution is 6.42. The van der Waals surface area contributed by atoms with E-state index >= 15 is 0 Å². The maximum absolute atomic E-state index is 12.1. The summed E-state index contributed by atoms with van der Waals surface area (Å²) >= 11 is 11.8. The summed E-state index contributed by atoms with van der Waals surface area (Å²) in [5.41, 5.74) is 1.02. The zero-order valence-electron chi connectivity index (χ0n) is 11.0. The van der Waals surface area contributed by atoms with Crippen LogP contribution in [0.2, 0.25) is 10.0 Å². The Hall–Kier alpha value is -0.770. The van der Waals surface area contributed by atoms with Gasteiger partial charge in [0.1, 0.15) is 0 Å². The molecule has 1 N–H and O–H groups in total. The first kappa shape index (κ1) is 14.6. The summed E-state index contributed by atoms with van der Waals surface area (Å²) in [5.74, 6) is 0.178. The molecule has 0 spiro atoms. The van der Waals surface area contributed by atoms with Crippen LogP contribution < -0.4 is 5.32 Å². The van der Waals surface area contributed by atoms with Crippen molar-refractivity contribution in [3.63, 3.8) is 0 Å². The van der Waals surface area contributed by atoms with Crippen LogP contribution in [0.4, 0.5) is 0 Å². The fraction of sp³-hybridized carbons (Fsp3) is 0.500. The lowest BCUT2D eigenvalue weighted by atomic mass is 10.2. The van der Waals surface area contributed by atoms with Gasteiger partial charge in [0.2, 0.25) is 5.91 Å². The molecule has 19 heavy (non-hydrogen) atoms. The first-order chi connectivity index (χ1) is 9.08. The number of hydrogen-bond donors (Lipinski definition) is 1. The molecule has 1 aromatic rings. The van der Waals surface area contributed by atoms with Gasteiger partial charge in [-0.3, -0.25) is 4.79 Å². The summed E-state index contributed by atoms with van der Waals surface area (Å²) in [6.45, 7) is 4.28. The fourth-order valence-corrected chi connectivity index (χ4v) is 2.54.